The van der Waals surface area contributed by atoms with E-state index in [4.69, 9.17) is 19.2 Å². The molecule has 1 aliphatic rings. The molecule has 220 valence electrons. The predicted octanol–water partition coefficient (Wildman–Crippen LogP) is 5.70. The second kappa shape index (κ2) is 11.3. The van der Waals surface area contributed by atoms with Crippen molar-refractivity contribution in [1.82, 2.24) is 24.4 Å². The van der Waals surface area contributed by atoms with Gasteiger partial charge in [-0.3, -0.25) is 14.6 Å². The second-order valence-electron chi connectivity index (χ2n) is 11.7. The fourth-order valence-corrected chi connectivity index (χ4v) is 5.88. The summed E-state index contributed by atoms with van der Waals surface area (Å²) in [5, 5.41) is 9.47. The highest BCUT2D eigenvalue weighted by Gasteiger charge is 2.21. The predicted molar refractivity (Wildman–Crippen MR) is 167 cm³/mol. The van der Waals surface area contributed by atoms with E-state index in [2.05, 4.69) is 56.1 Å². The van der Waals surface area contributed by atoms with Crippen LogP contribution in [-0.4, -0.2) is 76.4 Å². The molecule has 5 heterocycles. The molecule has 1 fully saturated rings. The minimum atomic E-state index is -0.390. The Balaban J connectivity index is 1.10. The lowest BCUT2D eigenvalue weighted by Crippen LogP contribution is -2.46. The maximum Gasteiger partial charge on any atom is 0.324 e. The summed E-state index contributed by atoms with van der Waals surface area (Å²) in [6.07, 6.45) is 2.03. The van der Waals surface area contributed by atoms with E-state index in [-0.39, 0.29) is 5.41 Å². The van der Waals surface area contributed by atoms with Gasteiger partial charge in [-0.1, -0.05) is 49.4 Å². The van der Waals surface area contributed by atoms with Gasteiger partial charge in [0.1, 0.15) is 16.4 Å². The number of thiazole rings is 1. The van der Waals surface area contributed by atoms with Crippen LogP contribution in [0, 0.1) is 0 Å². The van der Waals surface area contributed by atoms with E-state index < -0.39 is 6.03 Å². The molecule has 2 amide bonds. The van der Waals surface area contributed by atoms with E-state index in [1.165, 1.54) is 0 Å². The summed E-state index contributed by atoms with van der Waals surface area (Å²) in [5.41, 5.74) is 3.32. The van der Waals surface area contributed by atoms with E-state index in [1.807, 2.05) is 51.2 Å². The highest BCUT2D eigenvalue weighted by molar-refractivity contribution is 7.23. The molecule has 1 aliphatic heterocycles. The molecule has 1 saturated heterocycles. The largest absolute Gasteiger partial charge is 0.379 e. The summed E-state index contributed by atoms with van der Waals surface area (Å²) in [6.45, 7) is 12.7. The number of rotatable bonds is 7. The van der Waals surface area contributed by atoms with Crippen LogP contribution in [0.3, 0.4) is 0 Å². The SMILES string of the molecule is C[C@H]1COCCN1CCN(C)c1ccc2c(n1)sc1nc(-c3ccc(NC(=O)Nc4cc(C(C)(C)C)on4)cc3)cn12. The summed E-state index contributed by atoms with van der Waals surface area (Å²) in [4.78, 5) is 28.8. The zero-order valence-electron chi connectivity index (χ0n) is 24.5. The molecule has 42 heavy (non-hydrogen) atoms. The van der Waals surface area contributed by atoms with Crippen molar-refractivity contribution in [3.05, 3.63) is 54.4 Å². The van der Waals surface area contributed by atoms with E-state index in [1.54, 1.807) is 17.4 Å². The van der Waals surface area contributed by atoms with Crippen molar-refractivity contribution in [3.63, 3.8) is 0 Å². The van der Waals surface area contributed by atoms with E-state index in [9.17, 15) is 4.79 Å². The van der Waals surface area contributed by atoms with Crippen LogP contribution in [0.25, 0.3) is 26.6 Å². The third kappa shape index (κ3) is 5.96. The molecule has 2 N–H and O–H groups in total. The van der Waals surface area contributed by atoms with Crippen molar-refractivity contribution in [2.24, 2.45) is 0 Å². The van der Waals surface area contributed by atoms with Crippen molar-refractivity contribution >= 4 is 50.0 Å². The van der Waals surface area contributed by atoms with Crippen molar-refractivity contribution in [1.29, 1.82) is 0 Å². The van der Waals surface area contributed by atoms with Gasteiger partial charge in [0.05, 0.1) is 24.4 Å². The number of nitrogens with one attached hydrogen (secondary N) is 2. The molecule has 0 spiro atoms. The average Bonchev–Trinajstić information content (AvgIpc) is 3.67. The summed E-state index contributed by atoms with van der Waals surface area (Å²) < 4.78 is 13.0. The van der Waals surface area contributed by atoms with Gasteiger partial charge in [0, 0.05) is 61.7 Å². The molecule has 5 aromatic rings. The monoisotopic (exact) mass is 588 g/mol. The molecule has 0 radical (unpaired) electrons. The van der Waals surface area contributed by atoms with Crippen molar-refractivity contribution < 1.29 is 14.1 Å². The zero-order chi connectivity index (χ0) is 29.4. The number of anilines is 3. The maximum absolute atomic E-state index is 12.5. The lowest BCUT2D eigenvalue weighted by atomic mass is 9.93. The Labute approximate surface area is 248 Å². The number of urea groups is 1. The molecular formula is C30H36N8O3S. The van der Waals surface area contributed by atoms with Gasteiger partial charge in [-0.2, -0.15) is 0 Å². The molecule has 0 unspecified atom stereocenters. The maximum atomic E-state index is 12.5. The lowest BCUT2D eigenvalue weighted by Gasteiger charge is -2.34. The van der Waals surface area contributed by atoms with Gasteiger partial charge in [-0.05, 0) is 31.2 Å². The first-order valence-electron chi connectivity index (χ1n) is 14.1. The van der Waals surface area contributed by atoms with Crippen molar-refractivity contribution in [3.8, 4) is 11.3 Å². The Bertz CT molecular complexity index is 1700. The van der Waals surface area contributed by atoms with Crippen molar-refractivity contribution in [2.75, 3.05) is 55.4 Å². The Kier molecular flexibility index (Phi) is 7.60. The Morgan fingerprint density at radius 2 is 1.95 bits per heavy atom. The van der Waals surface area contributed by atoms with Gasteiger partial charge < -0.3 is 19.5 Å². The Morgan fingerprint density at radius 3 is 2.69 bits per heavy atom. The average molecular weight is 589 g/mol. The topological polar surface area (TPSA) is 113 Å². The van der Waals surface area contributed by atoms with Gasteiger partial charge in [-0.15, -0.1) is 0 Å². The van der Waals surface area contributed by atoms with Gasteiger partial charge >= 0.3 is 6.03 Å². The number of amides is 2. The number of likely N-dealkylation sites (N-methyl/N-ethyl adjacent to an activating group) is 1. The molecule has 0 aliphatic carbocycles. The van der Waals surface area contributed by atoms with Gasteiger partial charge in [0.15, 0.2) is 10.8 Å². The molecular weight excluding hydrogens is 552 g/mol. The number of hydrogen-bond donors (Lipinski definition) is 2. The Hall–Kier alpha value is -4.00. The molecule has 0 saturated carbocycles. The van der Waals surface area contributed by atoms with Crippen LogP contribution in [0.5, 0.6) is 0 Å². The van der Waals surface area contributed by atoms with Gasteiger partial charge in [0.25, 0.3) is 0 Å². The number of hydrogen-bond acceptors (Lipinski definition) is 9. The molecule has 11 nitrogen and oxygen atoms in total. The zero-order valence-corrected chi connectivity index (χ0v) is 25.4. The van der Waals surface area contributed by atoms with Crippen LogP contribution >= 0.6 is 11.3 Å². The fourth-order valence-electron chi connectivity index (χ4n) is 4.91. The van der Waals surface area contributed by atoms with Crippen LogP contribution in [0.2, 0.25) is 0 Å². The van der Waals surface area contributed by atoms with E-state index in [0.29, 0.717) is 23.3 Å². The minimum Gasteiger partial charge on any atom is -0.379 e. The highest BCUT2D eigenvalue weighted by Crippen LogP contribution is 2.30. The minimum absolute atomic E-state index is 0.189. The summed E-state index contributed by atoms with van der Waals surface area (Å²) in [6, 6.07) is 13.6. The molecule has 0 bridgehead atoms. The number of fused-ring (bicyclic) bond motifs is 3. The number of pyridine rings is 1. The van der Waals surface area contributed by atoms with Crippen molar-refractivity contribution in [2.45, 2.75) is 39.2 Å². The number of benzene rings is 1. The van der Waals surface area contributed by atoms with Gasteiger partial charge in [-0.25, -0.2) is 14.8 Å². The first-order chi connectivity index (χ1) is 20.1. The third-order valence-electron chi connectivity index (χ3n) is 7.49. The number of ether oxygens (including phenoxy) is 1. The number of imidazole rings is 1. The highest BCUT2D eigenvalue weighted by atomic mass is 32.1. The lowest BCUT2D eigenvalue weighted by molar-refractivity contribution is 0.00125. The van der Waals surface area contributed by atoms with E-state index in [0.717, 1.165) is 65.2 Å². The smallest absolute Gasteiger partial charge is 0.324 e. The summed E-state index contributed by atoms with van der Waals surface area (Å²) >= 11 is 1.58. The molecule has 12 heteroatoms. The van der Waals surface area contributed by atoms with Crippen LogP contribution in [0.1, 0.15) is 33.5 Å². The summed E-state index contributed by atoms with van der Waals surface area (Å²) in [5.74, 6) is 2.03. The third-order valence-corrected chi connectivity index (χ3v) is 8.46. The second-order valence-corrected chi connectivity index (χ2v) is 12.7. The Morgan fingerprint density at radius 1 is 1.14 bits per heavy atom. The number of carbonyl (C=O) groups excluding carboxylic acids is 1. The van der Waals surface area contributed by atoms with Gasteiger partial charge in [0.2, 0.25) is 0 Å². The summed E-state index contributed by atoms with van der Waals surface area (Å²) in [7, 11) is 2.09. The first kappa shape index (κ1) is 28.1. The normalized spacial score (nSPS) is 16.3. The number of nitrogens with zero attached hydrogens (tertiary/aromatic N) is 6. The number of carbonyl (C=O) groups is 1. The molecule has 1 aromatic carbocycles. The van der Waals surface area contributed by atoms with E-state index >= 15 is 0 Å². The quantitative estimate of drug-likeness (QED) is 0.249. The molecule has 6 rings (SSSR count). The van der Waals surface area contributed by atoms with Crippen LogP contribution in [0.15, 0.2) is 53.2 Å². The van der Waals surface area contributed by atoms with Crippen LogP contribution in [0.4, 0.5) is 22.1 Å². The standard InChI is InChI=1S/C30H36N8O3S/c1-19-18-40-15-14-37(19)13-12-36(5)26-11-10-23-27(34-26)42-29-32-22(17-38(23)29)20-6-8-21(9-7-20)31-28(39)33-25-16-24(41-35-25)30(2,3)4/h6-11,16-17,19H,12-15,18H2,1-5H3,(H2,31,33,35,39)/t19-/m0/s1. The molecule has 1 atom stereocenters. The first-order valence-corrected chi connectivity index (χ1v) is 14.9. The number of morpholine rings is 1. The van der Waals surface area contributed by atoms with Crippen LogP contribution in [-0.2, 0) is 10.2 Å². The number of aromatic nitrogens is 4. The fraction of sp³-hybridized carbons (Fsp3) is 0.400. The van der Waals surface area contributed by atoms with Crippen LogP contribution < -0.4 is 15.5 Å². The molecule has 4 aromatic heterocycles.